The Balaban J connectivity index is 2.23. The molecule has 0 aromatic carbocycles. The number of ketones is 1. The first kappa shape index (κ1) is 11.7. The molecule has 0 N–H and O–H groups in total. The minimum atomic E-state index is 0.307. The van der Waals surface area contributed by atoms with Gasteiger partial charge < -0.3 is 9.53 Å². The molecular formula is C12H22O2. The van der Waals surface area contributed by atoms with Crippen LogP contribution >= 0.6 is 0 Å². The maximum Gasteiger partial charge on any atom is 0.129 e. The summed E-state index contributed by atoms with van der Waals surface area (Å²) in [7, 11) is 0. The fourth-order valence-electron chi connectivity index (χ4n) is 2.02. The largest absolute Gasteiger partial charge is 0.378 e. The van der Waals surface area contributed by atoms with Crippen molar-refractivity contribution in [3.63, 3.8) is 0 Å². The Morgan fingerprint density at radius 1 is 1.50 bits per heavy atom. The van der Waals surface area contributed by atoms with E-state index in [9.17, 15) is 4.79 Å². The number of ether oxygens (including phenoxy) is 1. The van der Waals surface area contributed by atoms with E-state index in [1.165, 1.54) is 12.8 Å². The van der Waals surface area contributed by atoms with Gasteiger partial charge in [-0.2, -0.15) is 0 Å². The number of rotatable bonds is 4. The Labute approximate surface area is 87.0 Å². The summed E-state index contributed by atoms with van der Waals surface area (Å²) in [5.41, 5.74) is 0. The lowest BCUT2D eigenvalue weighted by atomic mass is 9.84. The van der Waals surface area contributed by atoms with Gasteiger partial charge in [-0.15, -0.1) is 0 Å². The monoisotopic (exact) mass is 198 g/mol. The quantitative estimate of drug-likeness (QED) is 0.694. The molecule has 1 fully saturated rings. The van der Waals surface area contributed by atoms with E-state index in [4.69, 9.17) is 4.74 Å². The summed E-state index contributed by atoms with van der Waals surface area (Å²) >= 11 is 0. The maximum absolute atomic E-state index is 10.9. The average molecular weight is 198 g/mol. The van der Waals surface area contributed by atoms with E-state index >= 15 is 0 Å². The van der Waals surface area contributed by atoms with Crippen molar-refractivity contribution in [2.45, 2.75) is 52.6 Å². The normalized spacial score (nSPS) is 29.9. The fraction of sp³-hybridized carbons (Fsp3) is 0.917. The number of hydrogen-bond acceptors (Lipinski definition) is 2. The first-order valence-corrected chi connectivity index (χ1v) is 5.70. The molecule has 82 valence electrons. The Morgan fingerprint density at radius 2 is 2.21 bits per heavy atom. The van der Waals surface area contributed by atoms with Gasteiger partial charge in [0.2, 0.25) is 0 Å². The lowest BCUT2D eigenvalue weighted by Crippen LogP contribution is -2.28. The second-order valence-electron chi connectivity index (χ2n) is 4.70. The second kappa shape index (κ2) is 5.50. The predicted octanol–water partition coefficient (Wildman–Crippen LogP) is 2.81. The number of carbonyl (C=O) groups excluding carboxylic acids is 1. The van der Waals surface area contributed by atoms with Gasteiger partial charge in [-0.05, 0) is 44.9 Å². The van der Waals surface area contributed by atoms with Gasteiger partial charge in [-0.25, -0.2) is 0 Å². The molecule has 2 nitrogen and oxygen atoms in total. The van der Waals surface area contributed by atoms with Crippen LogP contribution in [0, 0.1) is 11.8 Å². The van der Waals surface area contributed by atoms with Crippen LogP contribution in [0.3, 0.4) is 0 Å². The standard InChI is InChI=1S/C12H22O2/c1-9(4-5-10(2)13)12-7-6-11(3)14-8-12/h9,11-12H,4-8H2,1-3H3. The van der Waals surface area contributed by atoms with Crippen LogP contribution in [-0.2, 0) is 9.53 Å². The summed E-state index contributed by atoms with van der Waals surface area (Å²) in [6.45, 7) is 6.94. The Hall–Kier alpha value is -0.370. The molecule has 1 saturated heterocycles. The summed E-state index contributed by atoms with van der Waals surface area (Å²) in [5, 5.41) is 0. The molecule has 0 aromatic heterocycles. The van der Waals surface area contributed by atoms with Crippen LogP contribution in [0.1, 0.15) is 46.5 Å². The van der Waals surface area contributed by atoms with E-state index in [1.54, 1.807) is 6.92 Å². The minimum absolute atomic E-state index is 0.307. The van der Waals surface area contributed by atoms with Crippen LogP contribution in [-0.4, -0.2) is 18.5 Å². The molecular weight excluding hydrogens is 176 g/mol. The van der Waals surface area contributed by atoms with E-state index in [0.29, 0.717) is 23.7 Å². The zero-order valence-corrected chi connectivity index (χ0v) is 9.58. The maximum atomic E-state index is 10.9. The van der Waals surface area contributed by atoms with Gasteiger partial charge in [0.15, 0.2) is 0 Å². The number of Topliss-reactive ketones (excluding diaryl/α,β-unsaturated/α-hetero) is 1. The third-order valence-electron chi connectivity index (χ3n) is 3.30. The van der Waals surface area contributed by atoms with Gasteiger partial charge in [0.25, 0.3) is 0 Å². The Morgan fingerprint density at radius 3 is 2.71 bits per heavy atom. The van der Waals surface area contributed by atoms with Crippen LogP contribution in [0.5, 0.6) is 0 Å². The number of hydrogen-bond donors (Lipinski definition) is 0. The molecule has 0 radical (unpaired) electrons. The first-order chi connectivity index (χ1) is 6.59. The molecule has 0 aliphatic carbocycles. The van der Waals surface area contributed by atoms with Gasteiger partial charge in [0.1, 0.15) is 5.78 Å². The highest BCUT2D eigenvalue weighted by atomic mass is 16.5. The SMILES string of the molecule is CC(=O)CCC(C)C1CCC(C)OC1. The molecule has 0 spiro atoms. The summed E-state index contributed by atoms with van der Waals surface area (Å²) in [5.74, 6) is 1.61. The Bertz CT molecular complexity index is 181. The van der Waals surface area contributed by atoms with Gasteiger partial charge >= 0.3 is 0 Å². The fourth-order valence-corrected chi connectivity index (χ4v) is 2.02. The summed E-state index contributed by atoms with van der Waals surface area (Å²) in [6, 6.07) is 0. The lowest BCUT2D eigenvalue weighted by molar-refractivity contribution is -0.117. The molecule has 1 aliphatic heterocycles. The van der Waals surface area contributed by atoms with Gasteiger partial charge in [0, 0.05) is 13.0 Å². The summed E-state index contributed by atoms with van der Waals surface area (Å²) in [4.78, 5) is 10.9. The van der Waals surface area contributed by atoms with E-state index in [-0.39, 0.29) is 0 Å². The third-order valence-corrected chi connectivity index (χ3v) is 3.30. The molecule has 1 rings (SSSR count). The van der Waals surface area contributed by atoms with Crippen LogP contribution in [0.15, 0.2) is 0 Å². The lowest BCUT2D eigenvalue weighted by Gasteiger charge is -2.31. The minimum Gasteiger partial charge on any atom is -0.378 e. The third kappa shape index (κ3) is 3.79. The van der Waals surface area contributed by atoms with Crippen LogP contribution < -0.4 is 0 Å². The molecule has 14 heavy (non-hydrogen) atoms. The van der Waals surface area contributed by atoms with Crippen molar-refractivity contribution >= 4 is 5.78 Å². The van der Waals surface area contributed by atoms with Crippen LogP contribution in [0.25, 0.3) is 0 Å². The molecule has 3 atom stereocenters. The molecule has 3 unspecified atom stereocenters. The second-order valence-corrected chi connectivity index (χ2v) is 4.70. The van der Waals surface area contributed by atoms with Gasteiger partial charge in [0.05, 0.1) is 6.10 Å². The first-order valence-electron chi connectivity index (χ1n) is 5.70. The van der Waals surface area contributed by atoms with Crippen molar-refractivity contribution < 1.29 is 9.53 Å². The summed E-state index contributed by atoms with van der Waals surface area (Å²) < 4.78 is 5.63. The van der Waals surface area contributed by atoms with Crippen molar-refractivity contribution in [1.82, 2.24) is 0 Å². The molecule has 0 amide bonds. The zero-order chi connectivity index (χ0) is 10.6. The summed E-state index contributed by atoms with van der Waals surface area (Å²) in [6.07, 6.45) is 4.63. The van der Waals surface area contributed by atoms with E-state index in [2.05, 4.69) is 13.8 Å². The molecule has 0 saturated carbocycles. The highest BCUT2D eigenvalue weighted by Crippen LogP contribution is 2.27. The van der Waals surface area contributed by atoms with Gasteiger partial charge in [-0.1, -0.05) is 6.92 Å². The van der Waals surface area contributed by atoms with Gasteiger partial charge in [-0.3, -0.25) is 0 Å². The Kier molecular flexibility index (Phi) is 4.59. The van der Waals surface area contributed by atoms with Crippen molar-refractivity contribution in [3.8, 4) is 0 Å². The van der Waals surface area contributed by atoms with E-state index in [0.717, 1.165) is 19.4 Å². The molecule has 2 heteroatoms. The predicted molar refractivity (Wildman–Crippen MR) is 57.2 cm³/mol. The smallest absolute Gasteiger partial charge is 0.129 e. The van der Waals surface area contributed by atoms with Crippen molar-refractivity contribution in [2.24, 2.45) is 11.8 Å². The van der Waals surface area contributed by atoms with Crippen LogP contribution in [0.4, 0.5) is 0 Å². The molecule has 1 heterocycles. The highest BCUT2D eigenvalue weighted by molar-refractivity contribution is 5.75. The zero-order valence-electron chi connectivity index (χ0n) is 9.58. The molecule has 1 aliphatic rings. The average Bonchev–Trinajstić information content (AvgIpc) is 2.15. The van der Waals surface area contributed by atoms with Crippen molar-refractivity contribution in [2.75, 3.05) is 6.61 Å². The number of carbonyl (C=O) groups is 1. The van der Waals surface area contributed by atoms with Crippen LogP contribution in [0.2, 0.25) is 0 Å². The molecule has 0 bridgehead atoms. The van der Waals surface area contributed by atoms with Crippen molar-refractivity contribution in [3.05, 3.63) is 0 Å². The molecule has 0 aromatic rings. The van der Waals surface area contributed by atoms with E-state index < -0.39 is 0 Å². The van der Waals surface area contributed by atoms with E-state index in [1.807, 2.05) is 0 Å². The topological polar surface area (TPSA) is 26.3 Å². The van der Waals surface area contributed by atoms with Crippen molar-refractivity contribution in [1.29, 1.82) is 0 Å². The highest BCUT2D eigenvalue weighted by Gasteiger charge is 2.23.